The zero-order valence-electron chi connectivity index (χ0n) is 14.8. The van der Waals surface area contributed by atoms with E-state index in [2.05, 4.69) is 0 Å². The number of hydrogen-bond donors (Lipinski definition) is 2. The molecule has 0 unspecified atom stereocenters. The number of Topliss-reactive ketones (excluding diaryl/α,β-unsaturated/α-hetero) is 1. The number of ketones is 1. The van der Waals surface area contributed by atoms with E-state index in [4.69, 9.17) is 5.11 Å². The number of benzene rings is 2. The Balaban J connectivity index is 2.11. The first-order chi connectivity index (χ1) is 13.4. The number of aliphatic carboxylic acids is 1. The molecule has 1 aliphatic heterocycles. The number of aliphatic hydroxyl groups excluding tert-OH is 1. The van der Waals surface area contributed by atoms with Crippen LogP contribution in [0.2, 0.25) is 0 Å². The summed E-state index contributed by atoms with van der Waals surface area (Å²) in [5, 5.41) is 19.6. The summed E-state index contributed by atoms with van der Waals surface area (Å²) in [6, 6.07) is 12.8. The normalized spacial score (nSPS) is 18.5. The minimum absolute atomic E-state index is 0.0541. The Bertz CT molecular complexity index is 954. The number of hydrogen-bond acceptors (Lipinski definition) is 4. The van der Waals surface area contributed by atoms with Crippen LogP contribution < -0.4 is 0 Å². The number of carbonyl (C=O) groups is 3. The summed E-state index contributed by atoms with van der Waals surface area (Å²) in [7, 11) is 0. The van der Waals surface area contributed by atoms with E-state index in [9.17, 15) is 23.9 Å². The molecular weight excluding hydrogens is 365 g/mol. The average Bonchev–Trinajstić information content (AvgIpc) is 2.93. The molecule has 0 aromatic heterocycles. The van der Waals surface area contributed by atoms with Gasteiger partial charge in [-0.05, 0) is 12.5 Å². The summed E-state index contributed by atoms with van der Waals surface area (Å²) in [6.07, 6.45) is -0.107. The molecule has 0 saturated carbocycles. The van der Waals surface area contributed by atoms with Crippen molar-refractivity contribution in [3.8, 4) is 0 Å². The first-order valence-corrected chi connectivity index (χ1v) is 8.72. The minimum atomic E-state index is -1.13. The highest BCUT2D eigenvalue weighted by molar-refractivity contribution is 6.46. The van der Waals surface area contributed by atoms with Crippen molar-refractivity contribution < 1.29 is 29.0 Å². The molecular formula is C21H18FNO5. The maximum Gasteiger partial charge on any atom is 0.303 e. The van der Waals surface area contributed by atoms with Gasteiger partial charge in [0.25, 0.3) is 11.7 Å². The third-order valence-electron chi connectivity index (χ3n) is 4.58. The first-order valence-electron chi connectivity index (χ1n) is 8.72. The molecule has 1 amide bonds. The highest BCUT2D eigenvalue weighted by Gasteiger charge is 2.46. The topological polar surface area (TPSA) is 94.9 Å². The molecule has 1 saturated heterocycles. The number of rotatable bonds is 6. The summed E-state index contributed by atoms with van der Waals surface area (Å²) in [6.45, 7) is -0.0541. The van der Waals surface area contributed by atoms with E-state index < -0.39 is 35.3 Å². The van der Waals surface area contributed by atoms with Gasteiger partial charge in [0.2, 0.25) is 0 Å². The summed E-state index contributed by atoms with van der Waals surface area (Å²) in [5.74, 6) is -3.88. The van der Waals surface area contributed by atoms with Crippen molar-refractivity contribution in [3.05, 3.63) is 77.1 Å². The van der Waals surface area contributed by atoms with Crippen LogP contribution in [0.15, 0.2) is 60.2 Å². The van der Waals surface area contributed by atoms with Crippen LogP contribution in [0.1, 0.15) is 30.0 Å². The molecule has 0 spiro atoms. The van der Waals surface area contributed by atoms with Crippen molar-refractivity contribution in [2.24, 2.45) is 0 Å². The van der Waals surface area contributed by atoms with Crippen molar-refractivity contribution in [1.82, 2.24) is 4.90 Å². The lowest BCUT2D eigenvalue weighted by Crippen LogP contribution is -2.31. The molecule has 2 aromatic carbocycles. The molecule has 2 N–H and O–H groups in total. The van der Waals surface area contributed by atoms with E-state index in [0.717, 1.165) is 4.90 Å². The van der Waals surface area contributed by atoms with Crippen LogP contribution in [0.4, 0.5) is 4.39 Å². The maximum absolute atomic E-state index is 14.5. The number of amides is 1. The summed E-state index contributed by atoms with van der Waals surface area (Å²) >= 11 is 0. The van der Waals surface area contributed by atoms with E-state index in [-0.39, 0.29) is 30.5 Å². The highest BCUT2D eigenvalue weighted by Crippen LogP contribution is 2.40. The molecule has 1 atom stereocenters. The third kappa shape index (κ3) is 3.64. The fourth-order valence-electron chi connectivity index (χ4n) is 3.28. The SMILES string of the molecule is O=C(O)CCCN1C(=O)C(=O)C(=C(O)c2ccccc2)[C@@H]1c1ccccc1F. The van der Waals surface area contributed by atoms with Gasteiger partial charge in [0.15, 0.2) is 0 Å². The summed E-state index contributed by atoms with van der Waals surface area (Å²) in [5.41, 5.74) is 0.179. The number of carboxylic acid groups (broad SMARTS) is 1. The van der Waals surface area contributed by atoms with Gasteiger partial charge in [-0.3, -0.25) is 14.4 Å². The fraction of sp³-hybridized carbons (Fsp3) is 0.190. The second kappa shape index (κ2) is 8.04. The number of carboxylic acids is 1. The molecule has 7 heteroatoms. The van der Waals surface area contributed by atoms with Gasteiger partial charge < -0.3 is 15.1 Å². The van der Waals surface area contributed by atoms with E-state index in [1.54, 1.807) is 36.4 Å². The zero-order chi connectivity index (χ0) is 20.3. The van der Waals surface area contributed by atoms with Gasteiger partial charge >= 0.3 is 5.97 Å². The number of halogens is 1. The first kappa shape index (κ1) is 19.3. The quantitative estimate of drug-likeness (QED) is 0.454. The Kier molecular flexibility index (Phi) is 5.54. The predicted octanol–water partition coefficient (Wildman–Crippen LogP) is 3.11. The monoisotopic (exact) mass is 383 g/mol. The Hall–Kier alpha value is -3.48. The molecule has 144 valence electrons. The molecule has 28 heavy (non-hydrogen) atoms. The number of nitrogens with zero attached hydrogens (tertiary/aromatic N) is 1. The van der Waals surface area contributed by atoms with Crippen molar-refractivity contribution in [2.75, 3.05) is 6.54 Å². The van der Waals surface area contributed by atoms with Gasteiger partial charge in [-0.25, -0.2) is 4.39 Å². The molecule has 1 fully saturated rings. The third-order valence-corrected chi connectivity index (χ3v) is 4.58. The van der Waals surface area contributed by atoms with E-state index >= 15 is 0 Å². The molecule has 1 heterocycles. The minimum Gasteiger partial charge on any atom is -0.507 e. The number of likely N-dealkylation sites (tertiary alicyclic amines) is 1. The van der Waals surface area contributed by atoms with E-state index in [1.165, 1.54) is 18.2 Å². The van der Waals surface area contributed by atoms with Gasteiger partial charge in [0.05, 0.1) is 11.6 Å². The Morgan fingerprint density at radius 2 is 1.64 bits per heavy atom. The zero-order valence-corrected chi connectivity index (χ0v) is 14.8. The lowest BCUT2D eigenvalue weighted by Gasteiger charge is -2.25. The Morgan fingerprint density at radius 1 is 1.00 bits per heavy atom. The lowest BCUT2D eigenvalue weighted by atomic mass is 9.95. The van der Waals surface area contributed by atoms with Crippen LogP contribution in [0.25, 0.3) is 5.76 Å². The molecule has 6 nitrogen and oxygen atoms in total. The standard InChI is InChI=1S/C21H18FNO5/c22-15-10-5-4-9-14(15)18-17(19(26)13-7-2-1-3-8-13)20(27)21(28)23(18)12-6-11-16(24)25/h1-5,7-10,18,26H,6,11-12H2,(H,24,25)/t18-/m0/s1. The summed E-state index contributed by atoms with van der Waals surface area (Å²) in [4.78, 5) is 37.2. The van der Waals surface area contributed by atoms with Gasteiger partial charge in [-0.15, -0.1) is 0 Å². The largest absolute Gasteiger partial charge is 0.507 e. The van der Waals surface area contributed by atoms with Crippen LogP contribution in [0, 0.1) is 5.82 Å². The van der Waals surface area contributed by atoms with Crippen LogP contribution in [0.3, 0.4) is 0 Å². The van der Waals surface area contributed by atoms with Crippen LogP contribution in [-0.2, 0) is 14.4 Å². The van der Waals surface area contributed by atoms with E-state index in [1.807, 2.05) is 0 Å². The Labute approximate surface area is 160 Å². The van der Waals surface area contributed by atoms with E-state index in [0.29, 0.717) is 5.56 Å². The second-order valence-electron chi connectivity index (χ2n) is 6.38. The van der Waals surface area contributed by atoms with Crippen molar-refractivity contribution >= 4 is 23.4 Å². The molecule has 0 aliphatic carbocycles. The van der Waals surface area contributed by atoms with Gasteiger partial charge in [-0.1, -0.05) is 48.5 Å². The van der Waals surface area contributed by atoms with Crippen molar-refractivity contribution in [2.45, 2.75) is 18.9 Å². The molecule has 0 bridgehead atoms. The number of aliphatic hydroxyl groups is 1. The smallest absolute Gasteiger partial charge is 0.303 e. The van der Waals surface area contributed by atoms with Crippen molar-refractivity contribution in [1.29, 1.82) is 0 Å². The molecule has 2 aromatic rings. The van der Waals surface area contributed by atoms with Crippen molar-refractivity contribution in [3.63, 3.8) is 0 Å². The highest BCUT2D eigenvalue weighted by atomic mass is 19.1. The predicted molar refractivity (Wildman–Crippen MR) is 98.7 cm³/mol. The van der Waals surface area contributed by atoms with Gasteiger partial charge in [0.1, 0.15) is 11.6 Å². The second-order valence-corrected chi connectivity index (χ2v) is 6.38. The van der Waals surface area contributed by atoms with Crippen LogP contribution >= 0.6 is 0 Å². The van der Waals surface area contributed by atoms with Crippen LogP contribution in [-0.4, -0.2) is 39.3 Å². The Morgan fingerprint density at radius 3 is 2.29 bits per heavy atom. The molecule has 0 radical (unpaired) electrons. The lowest BCUT2D eigenvalue weighted by molar-refractivity contribution is -0.140. The molecule has 1 aliphatic rings. The fourth-order valence-corrected chi connectivity index (χ4v) is 3.28. The number of carbonyl (C=O) groups excluding carboxylic acids is 2. The van der Waals surface area contributed by atoms with Crippen LogP contribution in [0.5, 0.6) is 0 Å². The van der Waals surface area contributed by atoms with Gasteiger partial charge in [0, 0.05) is 24.1 Å². The maximum atomic E-state index is 14.5. The summed E-state index contributed by atoms with van der Waals surface area (Å²) < 4.78 is 14.5. The van der Waals surface area contributed by atoms with Gasteiger partial charge in [-0.2, -0.15) is 0 Å². The average molecular weight is 383 g/mol. The molecule has 3 rings (SSSR count).